The molecular formula is CHF3Y. The Morgan fingerprint density at radius 2 is 1.00 bits per heavy atom. The van der Waals surface area contributed by atoms with Crippen LogP contribution in [0.5, 0.6) is 0 Å². The molecule has 0 aliphatic carbocycles. The van der Waals surface area contributed by atoms with E-state index >= 15 is 0 Å². The summed E-state index contributed by atoms with van der Waals surface area (Å²) in [7, 11) is 0. The molecule has 0 N–H and O–H groups in total. The third-order valence-corrected chi connectivity index (χ3v) is 0. The third kappa shape index (κ3) is 51.3. The van der Waals surface area contributed by atoms with Crippen molar-refractivity contribution in [3.8, 4) is 0 Å². The first-order valence-corrected chi connectivity index (χ1v) is 0.655. The SMILES string of the molecule is FC(F)F.[Y]. The smallest absolute Gasteiger partial charge is 0.174 e. The van der Waals surface area contributed by atoms with Gasteiger partial charge in [0.05, 0.1) is 0 Å². The Hall–Kier alpha value is 0.894. The molecule has 0 spiro atoms. The van der Waals surface area contributed by atoms with Gasteiger partial charge >= 0.3 is 6.68 Å². The van der Waals surface area contributed by atoms with E-state index in [1.54, 1.807) is 0 Å². The van der Waals surface area contributed by atoms with Gasteiger partial charge in [0, 0.05) is 32.7 Å². The third-order valence-electron chi connectivity index (χ3n) is 0. The second kappa shape index (κ2) is 4.89. The molecule has 0 nitrogen and oxygen atoms in total. The molecule has 0 aliphatic rings. The average Bonchev–Trinajstić information content (AvgIpc) is 0.811. The van der Waals surface area contributed by atoms with Gasteiger partial charge in [-0.2, -0.15) is 13.2 Å². The van der Waals surface area contributed by atoms with Gasteiger partial charge < -0.3 is 0 Å². The maximum absolute atomic E-state index is 9.67. The van der Waals surface area contributed by atoms with Crippen LogP contribution in [0.15, 0.2) is 0 Å². The summed E-state index contributed by atoms with van der Waals surface area (Å²) >= 11 is 0. The monoisotopic (exact) mass is 159 g/mol. The maximum Gasteiger partial charge on any atom is 0.379 e. The van der Waals surface area contributed by atoms with Crippen LogP contribution in [0, 0.1) is 0 Å². The number of alkyl halides is 3. The van der Waals surface area contributed by atoms with Crippen molar-refractivity contribution >= 4 is 0 Å². The molecule has 4 heteroatoms. The predicted molar refractivity (Wildman–Crippen MR) is 7.11 cm³/mol. The molecule has 0 atom stereocenters. The van der Waals surface area contributed by atoms with Crippen molar-refractivity contribution in [2.45, 2.75) is 6.68 Å². The molecule has 0 bridgehead atoms. The van der Waals surface area contributed by atoms with Crippen LogP contribution < -0.4 is 0 Å². The van der Waals surface area contributed by atoms with Gasteiger partial charge in [-0.15, -0.1) is 0 Å². The van der Waals surface area contributed by atoms with Crippen molar-refractivity contribution in [2.24, 2.45) is 0 Å². The van der Waals surface area contributed by atoms with Gasteiger partial charge in [0.15, 0.2) is 0 Å². The van der Waals surface area contributed by atoms with Crippen LogP contribution in [-0.4, -0.2) is 6.68 Å². The summed E-state index contributed by atoms with van der Waals surface area (Å²) in [6.45, 7) is -3.67. The van der Waals surface area contributed by atoms with Crippen molar-refractivity contribution in [3.63, 3.8) is 0 Å². The van der Waals surface area contributed by atoms with E-state index in [9.17, 15) is 13.2 Å². The fraction of sp³-hybridized carbons (Fsp3) is 1.00. The molecule has 0 aromatic heterocycles. The van der Waals surface area contributed by atoms with Crippen molar-refractivity contribution < 1.29 is 45.9 Å². The van der Waals surface area contributed by atoms with E-state index in [4.69, 9.17) is 0 Å². The van der Waals surface area contributed by atoms with E-state index in [2.05, 4.69) is 0 Å². The van der Waals surface area contributed by atoms with Gasteiger partial charge in [-0.1, -0.05) is 0 Å². The van der Waals surface area contributed by atoms with Crippen LogP contribution in [0.4, 0.5) is 13.2 Å². The van der Waals surface area contributed by atoms with Gasteiger partial charge in [0.2, 0.25) is 0 Å². The number of hydrogen-bond acceptors (Lipinski definition) is 0. The molecule has 0 aromatic carbocycles. The Morgan fingerprint density at radius 1 is 1.00 bits per heavy atom. The topological polar surface area (TPSA) is 0 Å². The van der Waals surface area contributed by atoms with Gasteiger partial charge in [-0.05, 0) is 0 Å². The van der Waals surface area contributed by atoms with Crippen LogP contribution in [0.3, 0.4) is 0 Å². The van der Waals surface area contributed by atoms with Gasteiger partial charge in [-0.25, -0.2) is 0 Å². The van der Waals surface area contributed by atoms with E-state index in [0.717, 1.165) is 0 Å². The van der Waals surface area contributed by atoms with E-state index in [1.807, 2.05) is 0 Å². The van der Waals surface area contributed by atoms with Crippen LogP contribution in [0.25, 0.3) is 0 Å². The van der Waals surface area contributed by atoms with Crippen LogP contribution in [-0.2, 0) is 32.7 Å². The zero-order valence-electron chi connectivity index (χ0n) is 2.29. The van der Waals surface area contributed by atoms with Gasteiger partial charge in [-0.3, -0.25) is 0 Å². The van der Waals surface area contributed by atoms with Crippen molar-refractivity contribution in [3.05, 3.63) is 0 Å². The van der Waals surface area contributed by atoms with E-state index in [1.165, 1.54) is 0 Å². The minimum Gasteiger partial charge on any atom is -0.174 e. The molecule has 0 saturated carbocycles. The largest absolute Gasteiger partial charge is 0.379 e. The van der Waals surface area contributed by atoms with Crippen molar-refractivity contribution in [1.82, 2.24) is 0 Å². The summed E-state index contributed by atoms with van der Waals surface area (Å²) in [4.78, 5) is 0. The summed E-state index contributed by atoms with van der Waals surface area (Å²) in [6.07, 6.45) is 0. The van der Waals surface area contributed by atoms with Gasteiger partial charge in [0.1, 0.15) is 0 Å². The van der Waals surface area contributed by atoms with Gasteiger partial charge in [0.25, 0.3) is 0 Å². The fourth-order valence-corrected chi connectivity index (χ4v) is 0. The number of hydrogen-bond donors (Lipinski definition) is 0. The van der Waals surface area contributed by atoms with Crippen LogP contribution in [0.2, 0.25) is 0 Å². The average molecular weight is 159 g/mol. The maximum atomic E-state index is 9.67. The zero-order valence-corrected chi connectivity index (χ0v) is 5.13. The Kier molecular flexibility index (Phi) is 9.11. The Balaban J connectivity index is 0. The molecule has 0 aliphatic heterocycles. The summed E-state index contributed by atoms with van der Waals surface area (Å²) in [5.41, 5.74) is 0. The normalized spacial score (nSPS) is 7.20. The Morgan fingerprint density at radius 3 is 1.00 bits per heavy atom. The predicted octanol–water partition coefficient (Wildman–Crippen LogP) is 1.18. The van der Waals surface area contributed by atoms with Crippen LogP contribution in [0.1, 0.15) is 0 Å². The molecule has 0 fully saturated rings. The summed E-state index contributed by atoms with van der Waals surface area (Å²) < 4.78 is 29.0. The Bertz CT molecular complexity index is 11.6. The summed E-state index contributed by atoms with van der Waals surface area (Å²) in [6, 6.07) is 0. The molecule has 29 valence electrons. The van der Waals surface area contributed by atoms with Crippen molar-refractivity contribution in [2.75, 3.05) is 0 Å². The van der Waals surface area contributed by atoms with Crippen molar-refractivity contribution in [1.29, 1.82) is 0 Å². The molecular weight excluding hydrogens is 158 g/mol. The summed E-state index contributed by atoms with van der Waals surface area (Å²) in [5.74, 6) is 0. The first kappa shape index (κ1) is 9.31. The molecule has 5 heavy (non-hydrogen) atoms. The first-order chi connectivity index (χ1) is 1.73. The van der Waals surface area contributed by atoms with E-state index in [-0.39, 0.29) is 32.7 Å². The van der Waals surface area contributed by atoms with E-state index < -0.39 is 6.68 Å². The second-order valence-corrected chi connectivity index (χ2v) is 0.247. The molecule has 0 amide bonds. The molecule has 0 aromatic rings. The minimum atomic E-state index is -3.67. The van der Waals surface area contributed by atoms with E-state index in [0.29, 0.717) is 0 Å². The summed E-state index contributed by atoms with van der Waals surface area (Å²) in [5, 5.41) is 0. The molecule has 0 saturated heterocycles. The van der Waals surface area contributed by atoms with Crippen LogP contribution >= 0.6 is 0 Å². The second-order valence-electron chi connectivity index (χ2n) is 0.247. The molecule has 0 rings (SSSR count). The quantitative estimate of drug-likeness (QED) is 0.497. The standard InChI is InChI=1S/CHF3.Y/c2-1(3)4;/h1H;. The fourth-order valence-electron chi connectivity index (χ4n) is 0. The Labute approximate surface area is 52.6 Å². The molecule has 1 radical (unpaired) electrons. The number of rotatable bonds is 0. The molecule has 0 heterocycles. The zero-order chi connectivity index (χ0) is 3.58. The molecule has 0 unspecified atom stereocenters. The number of halogens is 3. The minimum absolute atomic E-state index is 0. The first-order valence-electron chi connectivity index (χ1n) is 0.655.